The number of anilines is 5. The first kappa shape index (κ1) is 22.7. The SMILES string of the molecule is Cc1nc(Nc2ccc(NC(=O)CN3C(=O)c4ccccc4C3=O)cc2)cc(Nc2ccccn2)n1. The highest BCUT2D eigenvalue weighted by Crippen LogP contribution is 2.23. The van der Waals surface area contributed by atoms with Gasteiger partial charge in [0.25, 0.3) is 11.8 Å². The van der Waals surface area contributed by atoms with Crippen LogP contribution in [0, 0.1) is 6.92 Å². The first-order chi connectivity index (χ1) is 17.5. The molecule has 2 aromatic heterocycles. The van der Waals surface area contributed by atoms with Gasteiger partial charge in [0, 0.05) is 23.6 Å². The van der Waals surface area contributed by atoms with Crippen molar-refractivity contribution in [1.29, 1.82) is 0 Å². The zero-order valence-electron chi connectivity index (χ0n) is 19.2. The third-order valence-corrected chi connectivity index (χ3v) is 5.38. The van der Waals surface area contributed by atoms with Crippen molar-refractivity contribution in [3.63, 3.8) is 0 Å². The molecule has 0 saturated carbocycles. The molecular formula is C26H21N7O3. The van der Waals surface area contributed by atoms with Gasteiger partial charge in [-0.3, -0.25) is 19.3 Å². The molecule has 0 saturated heterocycles. The lowest BCUT2D eigenvalue weighted by Crippen LogP contribution is -2.37. The number of hydrogen-bond acceptors (Lipinski definition) is 8. The van der Waals surface area contributed by atoms with Crippen molar-refractivity contribution in [1.82, 2.24) is 19.9 Å². The molecule has 0 fully saturated rings. The number of fused-ring (bicyclic) bond motifs is 1. The summed E-state index contributed by atoms with van der Waals surface area (Å²) in [6, 6.07) is 20.8. The number of amides is 3. The van der Waals surface area contributed by atoms with Crippen molar-refractivity contribution in [2.24, 2.45) is 0 Å². The lowest BCUT2D eigenvalue weighted by atomic mass is 10.1. The number of hydrogen-bond donors (Lipinski definition) is 3. The number of rotatable bonds is 7. The predicted molar refractivity (Wildman–Crippen MR) is 134 cm³/mol. The van der Waals surface area contributed by atoms with Crippen molar-refractivity contribution in [3.05, 3.63) is 95.9 Å². The van der Waals surface area contributed by atoms with Gasteiger partial charge in [0.15, 0.2) is 0 Å². The molecule has 0 radical (unpaired) electrons. The second-order valence-electron chi connectivity index (χ2n) is 8.02. The molecule has 4 aromatic rings. The fourth-order valence-electron chi connectivity index (χ4n) is 3.78. The molecule has 3 N–H and O–H groups in total. The highest BCUT2D eigenvalue weighted by molar-refractivity contribution is 6.22. The topological polar surface area (TPSA) is 129 Å². The Balaban J connectivity index is 1.21. The maximum absolute atomic E-state index is 12.5. The Kier molecular flexibility index (Phi) is 6.06. The van der Waals surface area contributed by atoms with Crippen LogP contribution < -0.4 is 16.0 Å². The molecule has 10 heteroatoms. The molecule has 0 spiro atoms. The molecule has 0 atom stereocenters. The van der Waals surface area contributed by atoms with Gasteiger partial charge in [0.05, 0.1) is 11.1 Å². The number of nitrogens with one attached hydrogen (secondary N) is 3. The number of carbonyl (C=O) groups excluding carboxylic acids is 3. The van der Waals surface area contributed by atoms with Crippen LogP contribution in [-0.2, 0) is 4.79 Å². The zero-order valence-corrected chi connectivity index (χ0v) is 19.2. The molecule has 1 aliphatic heterocycles. The lowest BCUT2D eigenvalue weighted by molar-refractivity contribution is -0.116. The van der Waals surface area contributed by atoms with E-state index in [1.807, 2.05) is 18.2 Å². The van der Waals surface area contributed by atoms with Gasteiger partial charge in [-0.15, -0.1) is 0 Å². The molecule has 178 valence electrons. The Bertz CT molecular complexity index is 1420. The predicted octanol–water partition coefficient (Wildman–Crippen LogP) is 3.90. The number of imide groups is 1. The van der Waals surface area contributed by atoms with Gasteiger partial charge in [0.1, 0.15) is 29.8 Å². The highest BCUT2D eigenvalue weighted by atomic mass is 16.2. The Morgan fingerprint density at radius 2 is 1.39 bits per heavy atom. The zero-order chi connectivity index (χ0) is 25.1. The molecule has 3 amide bonds. The highest BCUT2D eigenvalue weighted by Gasteiger charge is 2.36. The second-order valence-corrected chi connectivity index (χ2v) is 8.02. The Hall–Kier alpha value is -5.12. The fraction of sp³-hybridized carbons (Fsp3) is 0.0769. The Morgan fingerprint density at radius 3 is 2.03 bits per heavy atom. The Morgan fingerprint density at radius 1 is 0.778 bits per heavy atom. The maximum Gasteiger partial charge on any atom is 0.262 e. The van der Waals surface area contributed by atoms with E-state index in [-0.39, 0.29) is 6.54 Å². The van der Waals surface area contributed by atoms with Crippen LogP contribution in [0.4, 0.5) is 28.8 Å². The lowest BCUT2D eigenvalue weighted by Gasteiger charge is -2.14. The number of aryl methyl sites for hydroxylation is 1. The maximum atomic E-state index is 12.5. The normalized spacial score (nSPS) is 12.3. The Labute approximate surface area is 206 Å². The van der Waals surface area contributed by atoms with E-state index in [4.69, 9.17) is 0 Å². The molecule has 5 rings (SSSR count). The van der Waals surface area contributed by atoms with E-state index < -0.39 is 17.7 Å². The summed E-state index contributed by atoms with van der Waals surface area (Å²) in [5.41, 5.74) is 1.89. The van der Waals surface area contributed by atoms with Crippen molar-refractivity contribution >= 4 is 46.5 Å². The summed E-state index contributed by atoms with van der Waals surface area (Å²) in [4.78, 5) is 51.4. The van der Waals surface area contributed by atoms with Crippen LogP contribution in [0.15, 0.2) is 79.0 Å². The van der Waals surface area contributed by atoms with Crippen molar-refractivity contribution in [2.45, 2.75) is 6.92 Å². The summed E-state index contributed by atoms with van der Waals surface area (Å²) >= 11 is 0. The van der Waals surface area contributed by atoms with Gasteiger partial charge in [-0.1, -0.05) is 18.2 Å². The fourth-order valence-corrected chi connectivity index (χ4v) is 3.78. The van der Waals surface area contributed by atoms with E-state index in [2.05, 4.69) is 30.9 Å². The van der Waals surface area contributed by atoms with E-state index in [9.17, 15) is 14.4 Å². The van der Waals surface area contributed by atoms with Crippen molar-refractivity contribution < 1.29 is 14.4 Å². The number of carbonyl (C=O) groups is 3. The molecule has 1 aliphatic rings. The average molecular weight is 480 g/mol. The molecule has 36 heavy (non-hydrogen) atoms. The summed E-state index contributed by atoms with van der Waals surface area (Å²) < 4.78 is 0. The van der Waals surface area contributed by atoms with Gasteiger partial charge in [0.2, 0.25) is 5.91 Å². The quantitative estimate of drug-likeness (QED) is 0.340. The first-order valence-electron chi connectivity index (χ1n) is 11.1. The first-order valence-corrected chi connectivity index (χ1v) is 11.1. The van der Waals surface area contributed by atoms with E-state index >= 15 is 0 Å². The monoisotopic (exact) mass is 479 g/mol. The third kappa shape index (κ3) is 4.87. The molecule has 2 aromatic carbocycles. The molecule has 3 heterocycles. The van der Waals surface area contributed by atoms with E-state index in [0.717, 1.165) is 10.6 Å². The average Bonchev–Trinajstić information content (AvgIpc) is 3.10. The number of nitrogens with zero attached hydrogens (tertiary/aromatic N) is 4. The van der Waals surface area contributed by atoms with Crippen LogP contribution in [0.3, 0.4) is 0 Å². The molecule has 0 unspecified atom stereocenters. The van der Waals surface area contributed by atoms with E-state index in [1.165, 1.54) is 0 Å². The van der Waals surface area contributed by atoms with Gasteiger partial charge in [-0.25, -0.2) is 15.0 Å². The van der Waals surface area contributed by atoms with Crippen LogP contribution in [0.5, 0.6) is 0 Å². The van der Waals surface area contributed by atoms with Crippen molar-refractivity contribution in [3.8, 4) is 0 Å². The smallest absolute Gasteiger partial charge is 0.262 e. The minimum atomic E-state index is -0.470. The molecule has 10 nitrogen and oxygen atoms in total. The summed E-state index contributed by atoms with van der Waals surface area (Å²) in [5, 5.41) is 9.07. The van der Waals surface area contributed by atoms with Gasteiger partial charge < -0.3 is 16.0 Å². The largest absolute Gasteiger partial charge is 0.340 e. The molecule has 0 bridgehead atoms. The van der Waals surface area contributed by atoms with Crippen LogP contribution in [-0.4, -0.2) is 44.1 Å². The molecular weight excluding hydrogens is 458 g/mol. The van der Waals surface area contributed by atoms with Crippen LogP contribution in [0.25, 0.3) is 0 Å². The van der Waals surface area contributed by atoms with Crippen molar-refractivity contribution in [2.75, 3.05) is 22.5 Å². The summed E-state index contributed by atoms with van der Waals surface area (Å²) in [7, 11) is 0. The summed E-state index contributed by atoms with van der Waals surface area (Å²) in [6.45, 7) is 1.43. The van der Waals surface area contributed by atoms with E-state index in [1.54, 1.807) is 67.7 Å². The summed E-state index contributed by atoms with van der Waals surface area (Å²) in [5.74, 6) is 1.02. The van der Waals surface area contributed by atoms with Crippen LogP contribution >= 0.6 is 0 Å². The number of benzene rings is 2. The minimum absolute atomic E-state index is 0.309. The van der Waals surface area contributed by atoms with E-state index in [0.29, 0.717) is 40.1 Å². The second kappa shape index (κ2) is 9.63. The van der Waals surface area contributed by atoms with Gasteiger partial charge in [-0.05, 0) is 55.5 Å². The van der Waals surface area contributed by atoms with Gasteiger partial charge >= 0.3 is 0 Å². The minimum Gasteiger partial charge on any atom is -0.340 e. The summed E-state index contributed by atoms with van der Waals surface area (Å²) in [6.07, 6.45) is 1.69. The third-order valence-electron chi connectivity index (χ3n) is 5.38. The number of aromatic nitrogens is 3. The van der Waals surface area contributed by atoms with Crippen LogP contribution in [0.2, 0.25) is 0 Å². The molecule has 0 aliphatic carbocycles. The van der Waals surface area contributed by atoms with Crippen LogP contribution in [0.1, 0.15) is 26.5 Å². The standard InChI is InChI=1S/C26H21N7O3/c1-16-28-22(14-23(29-16)32-21-8-4-5-13-27-21)30-17-9-11-18(12-10-17)31-24(34)15-33-25(35)19-6-2-3-7-20(19)26(33)36/h2-14H,15H2,1H3,(H,31,34)(H2,27,28,29,30,32). The number of pyridine rings is 1. The van der Waals surface area contributed by atoms with Gasteiger partial charge in [-0.2, -0.15) is 0 Å².